The molecule has 2 atom stereocenters. The van der Waals surface area contributed by atoms with Crippen LogP contribution in [0.5, 0.6) is 0 Å². The van der Waals surface area contributed by atoms with Crippen LogP contribution in [0, 0.1) is 13.8 Å². The molecule has 0 aliphatic heterocycles. The monoisotopic (exact) mass is 657 g/mol. The van der Waals surface area contributed by atoms with E-state index in [2.05, 4.69) is 138 Å². The molecule has 4 aromatic carbocycles. The van der Waals surface area contributed by atoms with Crippen LogP contribution in [-0.2, 0) is 15.6 Å². The summed E-state index contributed by atoms with van der Waals surface area (Å²) in [5, 5.41) is 0. The quantitative estimate of drug-likeness (QED) is 0.187. The summed E-state index contributed by atoms with van der Waals surface area (Å²) in [6, 6.07) is 31.2. The number of halogens is 2. The average Bonchev–Trinajstić information content (AvgIpc) is 3.45. The van der Waals surface area contributed by atoms with Crippen molar-refractivity contribution in [3.63, 3.8) is 0 Å². The van der Waals surface area contributed by atoms with Crippen LogP contribution in [0.2, 0.25) is 13.1 Å². The Balaban J connectivity index is 1.55. The van der Waals surface area contributed by atoms with Gasteiger partial charge in [-0.05, 0) is 0 Å². The fraction of sp³-hybridized carbons (Fsp3) is 0.222. The van der Waals surface area contributed by atoms with Gasteiger partial charge in [-0.3, -0.25) is 0 Å². The van der Waals surface area contributed by atoms with Gasteiger partial charge in [-0.15, -0.1) is 0 Å². The standard InChI is InChI=1S/2C17H15.C2H7Si.2ClH.Zr/c2*1-12-5-3-6-14(9-12)16-8-4-7-15-10-13(2)11-17(15)16;1-3-2;;;/h2*3-11H,1-2H3;3H,1-2H3;2*1H;/q;;;;;+2/p-2. The first-order valence-electron chi connectivity index (χ1n) is 14.3. The van der Waals surface area contributed by atoms with E-state index >= 15 is 0 Å². The van der Waals surface area contributed by atoms with Crippen molar-refractivity contribution >= 4 is 35.1 Å². The first-order chi connectivity index (χ1) is 19.0. The van der Waals surface area contributed by atoms with Crippen LogP contribution in [-0.4, -0.2) is 5.92 Å². The van der Waals surface area contributed by atoms with Crippen molar-refractivity contribution in [2.75, 3.05) is 0 Å². The third-order valence-corrected chi connectivity index (χ3v) is 61.7. The summed E-state index contributed by atoms with van der Waals surface area (Å²) in [7, 11) is 16.8. The molecule has 0 N–H and O–H groups in total. The number of hydrogen-bond donors (Lipinski definition) is 0. The Morgan fingerprint density at radius 3 is 1.35 bits per heavy atom. The number of rotatable bonds is 5. The van der Waals surface area contributed by atoms with Gasteiger partial charge < -0.3 is 0 Å². The maximum absolute atomic E-state index is 8.39. The van der Waals surface area contributed by atoms with Gasteiger partial charge in [0, 0.05) is 0 Å². The molecule has 6 rings (SSSR count). The summed E-state index contributed by atoms with van der Waals surface area (Å²) < 4.78 is 0.219. The summed E-state index contributed by atoms with van der Waals surface area (Å²) in [6.07, 6.45) is 4.79. The molecule has 4 heteroatoms. The predicted octanol–water partition coefficient (Wildman–Crippen LogP) is 11.2. The van der Waals surface area contributed by atoms with Crippen LogP contribution >= 0.6 is 17.0 Å². The first-order valence-corrected chi connectivity index (χ1v) is 30.7. The molecule has 0 nitrogen and oxygen atoms in total. The molecule has 0 radical (unpaired) electrons. The van der Waals surface area contributed by atoms with Crippen LogP contribution in [0.25, 0.3) is 34.4 Å². The van der Waals surface area contributed by atoms with Crippen molar-refractivity contribution in [1.29, 1.82) is 0 Å². The molecule has 0 amide bonds. The molecule has 0 bridgehead atoms. The topological polar surface area (TPSA) is 0 Å². The maximum atomic E-state index is 8.39. The predicted molar refractivity (Wildman–Crippen MR) is 177 cm³/mol. The average molecular weight is 660 g/mol. The zero-order valence-electron chi connectivity index (χ0n) is 24.2. The molecular formula is C36H37Cl2SiZr. The van der Waals surface area contributed by atoms with E-state index in [1.54, 1.807) is 0 Å². The molecule has 40 heavy (non-hydrogen) atoms. The Bertz CT molecular complexity index is 1610. The molecular weight excluding hydrogens is 623 g/mol. The van der Waals surface area contributed by atoms with Gasteiger partial charge in [-0.25, -0.2) is 0 Å². The zero-order valence-corrected chi connectivity index (χ0v) is 29.4. The van der Waals surface area contributed by atoms with Crippen molar-refractivity contribution in [3.8, 4) is 22.3 Å². The number of benzene rings is 4. The van der Waals surface area contributed by atoms with Gasteiger partial charge >= 0.3 is 250 Å². The fourth-order valence-electron chi connectivity index (χ4n) is 7.53. The van der Waals surface area contributed by atoms with Crippen molar-refractivity contribution < 1.29 is 15.6 Å². The molecule has 0 aromatic heterocycles. The Morgan fingerprint density at radius 1 is 0.575 bits per heavy atom. The van der Waals surface area contributed by atoms with E-state index < -0.39 is 21.5 Å². The molecule has 2 aliphatic rings. The summed E-state index contributed by atoms with van der Waals surface area (Å²) in [4.78, 5) is 0. The van der Waals surface area contributed by atoms with Crippen LogP contribution < -0.4 is 0 Å². The Kier molecular flexibility index (Phi) is 7.11. The molecule has 2 unspecified atom stereocenters. The van der Waals surface area contributed by atoms with Crippen LogP contribution in [0.4, 0.5) is 0 Å². The van der Waals surface area contributed by atoms with E-state index in [9.17, 15) is 0 Å². The second-order valence-corrected chi connectivity index (χ2v) is 54.9. The number of fused-ring (bicyclic) bond motifs is 2. The van der Waals surface area contributed by atoms with Crippen molar-refractivity contribution in [2.24, 2.45) is 0 Å². The van der Waals surface area contributed by atoms with Gasteiger partial charge in [-0.2, -0.15) is 0 Å². The van der Waals surface area contributed by atoms with Gasteiger partial charge in [0.15, 0.2) is 0 Å². The van der Waals surface area contributed by atoms with Gasteiger partial charge in [0.25, 0.3) is 0 Å². The Hall–Kier alpha value is -1.96. The summed E-state index contributed by atoms with van der Waals surface area (Å²) in [5.41, 5.74) is 15.6. The summed E-state index contributed by atoms with van der Waals surface area (Å²) in [6.45, 7) is 13.7. The fourth-order valence-corrected chi connectivity index (χ4v) is 40.5. The van der Waals surface area contributed by atoms with E-state index in [1.807, 2.05) is 0 Å². The summed E-state index contributed by atoms with van der Waals surface area (Å²) in [5.74, 6) is -1.55. The van der Waals surface area contributed by atoms with Crippen molar-refractivity contribution in [2.45, 2.75) is 48.0 Å². The van der Waals surface area contributed by atoms with E-state index in [4.69, 9.17) is 17.0 Å². The van der Waals surface area contributed by atoms with Gasteiger partial charge in [0.1, 0.15) is 0 Å². The minimum atomic E-state index is -4.66. The second kappa shape index (κ2) is 10.1. The number of hydrogen-bond acceptors (Lipinski definition) is 0. The molecule has 0 saturated heterocycles. The number of aryl methyl sites for hydroxylation is 2. The Morgan fingerprint density at radius 2 is 0.975 bits per heavy atom. The van der Waals surface area contributed by atoms with Gasteiger partial charge in [0.2, 0.25) is 0 Å². The normalized spacial score (nSPS) is 19.1. The van der Waals surface area contributed by atoms with Crippen LogP contribution in [0.1, 0.15) is 54.5 Å². The molecule has 0 spiro atoms. The van der Waals surface area contributed by atoms with Crippen molar-refractivity contribution in [1.82, 2.24) is 0 Å². The van der Waals surface area contributed by atoms with E-state index in [-0.39, 0.29) is 7.25 Å². The molecule has 0 fully saturated rings. The molecule has 203 valence electrons. The van der Waals surface area contributed by atoms with E-state index in [1.165, 1.54) is 66.8 Å². The molecule has 4 aromatic rings. The summed E-state index contributed by atoms with van der Waals surface area (Å²) >= 11 is -4.66. The zero-order chi connectivity index (χ0) is 28.4. The van der Waals surface area contributed by atoms with Crippen LogP contribution in [0.15, 0.2) is 96.1 Å². The second-order valence-electron chi connectivity index (χ2n) is 12.4. The van der Waals surface area contributed by atoms with E-state index in [0.29, 0.717) is 0 Å². The Labute approximate surface area is 248 Å². The van der Waals surface area contributed by atoms with Gasteiger partial charge in [0.05, 0.1) is 0 Å². The molecule has 0 heterocycles. The van der Waals surface area contributed by atoms with Crippen LogP contribution in [0.3, 0.4) is 0 Å². The number of allylic oxidation sites excluding steroid dienone is 2. The molecule has 0 saturated carbocycles. The van der Waals surface area contributed by atoms with Crippen molar-refractivity contribution in [3.05, 3.63) is 129 Å². The van der Waals surface area contributed by atoms with Gasteiger partial charge in [-0.1, -0.05) is 0 Å². The third kappa shape index (κ3) is 4.25. The van der Waals surface area contributed by atoms with E-state index in [0.717, 1.165) is 0 Å². The third-order valence-electron chi connectivity index (χ3n) is 9.42. The minimum absolute atomic E-state index is 0.109. The SMILES string of the molecule is CC1=Cc2c(-c3cccc(C)c3)cccc2[CH]1[Zr]([Cl])([Cl])([CH]1C(C)=Cc2c(-c3cccc(C)c3)cccc21)[SiH](C)C. The first kappa shape index (κ1) is 28.2. The molecule has 2 aliphatic carbocycles.